The third-order valence-corrected chi connectivity index (χ3v) is 3.36. The summed E-state index contributed by atoms with van der Waals surface area (Å²) >= 11 is 0. The van der Waals surface area contributed by atoms with Gasteiger partial charge in [-0.05, 0) is 18.1 Å². The van der Waals surface area contributed by atoms with Crippen LogP contribution in [0, 0.1) is 11.3 Å². The second-order valence-corrected chi connectivity index (χ2v) is 4.93. The summed E-state index contributed by atoms with van der Waals surface area (Å²) in [5.74, 6) is 0.266. The second kappa shape index (κ2) is 11.0. The van der Waals surface area contributed by atoms with Crippen LogP contribution in [0.15, 0.2) is 36.0 Å². The molecule has 0 unspecified atom stereocenters. The van der Waals surface area contributed by atoms with E-state index in [1.165, 1.54) is 11.1 Å². The maximum atomic E-state index is 12.2. The molecule has 1 amide bonds. The molecule has 7 nitrogen and oxygen atoms in total. The number of hydrogen-bond acceptors (Lipinski definition) is 6. The highest BCUT2D eigenvalue weighted by Crippen LogP contribution is 2.17. The van der Waals surface area contributed by atoms with Crippen molar-refractivity contribution >= 4 is 5.91 Å². The molecule has 0 atom stereocenters. The summed E-state index contributed by atoms with van der Waals surface area (Å²) in [5.41, 5.74) is 0.949. The molecule has 0 saturated heterocycles. The first kappa shape index (κ1) is 19.5. The quantitative estimate of drug-likeness (QED) is 0.317. The number of aliphatic hydroxyl groups excluding tert-OH is 2. The van der Waals surface area contributed by atoms with Crippen LogP contribution in [-0.2, 0) is 11.2 Å². The number of nitriles is 1. The molecule has 0 fully saturated rings. The Morgan fingerprint density at radius 3 is 2.58 bits per heavy atom. The number of rotatable bonds is 10. The van der Waals surface area contributed by atoms with Crippen molar-refractivity contribution in [1.29, 1.82) is 5.26 Å². The van der Waals surface area contributed by atoms with Crippen molar-refractivity contribution in [3.63, 3.8) is 0 Å². The van der Waals surface area contributed by atoms with Gasteiger partial charge in [0.15, 0.2) is 0 Å². The van der Waals surface area contributed by atoms with Gasteiger partial charge >= 0.3 is 0 Å². The number of benzene rings is 1. The fourth-order valence-corrected chi connectivity index (χ4v) is 2.16. The molecule has 0 aliphatic heterocycles. The Labute approximate surface area is 141 Å². The van der Waals surface area contributed by atoms with Gasteiger partial charge in [-0.15, -0.1) is 0 Å². The number of carbonyl (C=O) groups is 1. The van der Waals surface area contributed by atoms with Crippen LogP contribution in [-0.4, -0.2) is 61.0 Å². The first-order chi connectivity index (χ1) is 11.7. The van der Waals surface area contributed by atoms with Gasteiger partial charge in [0.25, 0.3) is 5.91 Å². The highest BCUT2D eigenvalue weighted by Gasteiger charge is 2.17. The average Bonchev–Trinajstić information content (AvgIpc) is 2.61. The first-order valence-electron chi connectivity index (χ1n) is 7.64. The molecule has 1 aromatic carbocycles. The molecule has 0 heterocycles. The van der Waals surface area contributed by atoms with Crippen molar-refractivity contribution in [1.82, 2.24) is 10.2 Å². The normalized spacial score (nSPS) is 10.8. The fraction of sp³-hybridized carbons (Fsp3) is 0.412. The molecule has 0 aliphatic carbocycles. The Bertz CT molecular complexity index is 590. The number of hydrogen-bond donors (Lipinski definition) is 3. The summed E-state index contributed by atoms with van der Waals surface area (Å²) in [6.07, 6.45) is 2.03. The van der Waals surface area contributed by atoms with Gasteiger partial charge in [0.05, 0.1) is 20.3 Å². The van der Waals surface area contributed by atoms with Crippen LogP contribution in [0.2, 0.25) is 0 Å². The molecular weight excluding hydrogens is 310 g/mol. The average molecular weight is 333 g/mol. The third-order valence-electron chi connectivity index (χ3n) is 3.36. The first-order valence-corrected chi connectivity index (χ1v) is 7.64. The molecule has 1 rings (SSSR count). The number of aliphatic hydroxyl groups is 2. The SMILES string of the molecule is COc1ccccc1CCN/C=C(/C#N)C(=O)N(CCO)CCO. The Morgan fingerprint density at radius 2 is 2.00 bits per heavy atom. The molecule has 130 valence electrons. The summed E-state index contributed by atoms with van der Waals surface area (Å²) < 4.78 is 5.26. The number of nitrogens with zero attached hydrogens (tertiary/aromatic N) is 2. The van der Waals surface area contributed by atoms with E-state index < -0.39 is 5.91 Å². The highest BCUT2D eigenvalue weighted by atomic mass is 16.5. The number of para-hydroxylation sites is 1. The molecule has 0 aliphatic rings. The number of methoxy groups -OCH3 is 1. The number of ether oxygens (including phenoxy) is 1. The van der Waals surface area contributed by atoms with Gasteiger partial charge < -0.3 is 25.2 Å². The van der Waals surface area contributed by atoms with E-state index in [-0.39, 0.29) is 31.9 Å². The molecule has 0 aromatic heterocycles. The largest absolute Gasteiger partial charge is 0.496 e. The summed E-state index contributed by atoms with van der Waals surface area (Å²) in [6.45, 7) is 0.204. The van der Waals surface area contributed by atoms with Crippen molar-refractivity contribution < 1.29 is 19.7 Å². The number of carbonyl (C=O) groups excluding carboxylic acids is 1. The zero-order chi connectivity index (χ0) is 17.8. The van der Waals surface area contributed by atoms with Crippen molar-refractivity contribution in [3.05, 3.63) is 41.6 Å². The van der Waals surface area contributed by atoms with Gasteiger partial charge in [0.1, 0.15) is 17.4 Å². The van der Waals surface area contributed by atoms with E-state index in [0.29, 0.717) is 13.0 Å². The van der Waals surface area contributed by atoms with Crippen LogP contribution in [0.25, 0.3) is 0 Å². The van der Waals surface area contributed by atoms with Gasteiger partial charge in [0, 0.05) is 25.8 Å². The lowest BCUT2D eigenvalue weighted by Gasteiger charge is -2.20. The molecule has 0 saturated carbocycles. The lowest BCUT2D eigenvalue weighted by Crippen LogP contribution is -2.37. The Balaban J connectivity index is 2.62. The van der Waals surface area contributed by atoms with E-state index in [1.54, 1.807) is 7.11 Å². The van der Waals surface area contributed by atoms with Gasteiger partial charge in [-0.25, -0.2) is 0 Å². The van der Waals surface area contributed by atoms with E-state index >= 15 is 0 Å². The lowest BCUT2D eigenvalue weighted by molar-refractivity contribution is -0.127. The molecular formula is C17H23N3O4. The van der Waals surface area contributed by atoms with Gasteiger partial charge in [-0.1, -0.05) is 18.2 Å². The minimum Gasteiger partial charge on any atom is -0.496 e. The second-order valence-electron chi connectivity index (χ2n) is 4.93. The topological polar surface area (TPSA) is 106 Å². The minimum absolute atomic E-state index is 0.0691. The lowest BCUT2D eigenvalue weighted by atomic mass is 10.1. The smallest absolute Gasteiger partial charge is 0.266 e. The van der Waals surface area contributed by atoms with Crippen LogP contribution in [0.1, 0.15) is 5.56 Å². The zero-order valence-corrected chi connectivity index (χ0v) is 13.7. The maximum absolute atomic E-state index is 12.2. The van der Waals surface area contributed by atoms with E-state index in [2.05, 4.69) is 5.32 Å². The van der Waals surface area contributed by atoms with Crippen molar-refractivity contribution in [3.8, 4) is 11.8 Å². The molecule has 0 spiro atoms. The van der Waals surface area contributed by atoms with Crippen molar-refractivity contribution in [2.45, 2.75) is 6.42 Å². The number of nitrogens with one attached hydrogen (secondary N) is 1. The summed E-state index contributed by atoms with van der Waals surface area (Å²) in [5, 5.41) is 30.0. The minimum atomic E-state index is -0.523. The van der Waals surface area contributed by atoms with E-state index in [4.69, 9.17) is 20.2 Å². The molecule has 1 aromatic rings. The Kier molecular flexibility index (Phi) is 8.97. The molecule has 3 N–H and O–H groups in total. The van der Waals surface area contributed by atoms with Gasteiger partial charge in [0.2, 0.25) is 0 Å². The summed E-state index contributed by atoms with van der Waals surface area (Å²) in [6, 6.07) is 9.47. The predicted molar refractivity (Wildman–Crippen MR) is 89.1 cm³/mol. The predicted octanol–water partition coefficient (Wildman–Crippen LogP) is 0.0480. The monoisotopic (exact) mass is 333 g/mol. The summed E-state index contributed by atoms with van der Waals surface area (Å²) in [4.78, 5) is 13.4. The Hall–Kier alpha value is -2.56. The zero-order valence-electron chi connectivity index (χ0n) is 13.7. The van der Waals surface area contributed by atoms with Crippen LogP contribution in [0.3, 0.4) is 0 Å². The number of amides is 1. The van der Waals surface area contributed by atoms with Crippen molar-refractivity contribution in [2.75, 3.05) is 40.0 Å². The Morgan fingerprint density at radius 1 is 1.33 bits per heavy atom. The standard InChI is InChI=1S/C17H23N3O4/c1-24-16-5-3-2-4-14(16)6-7-19-13-15(12-18)17(23)20(8-10-21)9-11-22/h2-5,13,19,21-22H,6-11H2,1H3/b15-13-. The van der Waals surface area contributed by atoms with E-state index in [0.717, 1.165) is 11.3 Å². The van der Waals surface area contributed by atoms with Crippen LogP contribution in [0.5, 0.6) is 5.75 Å². The van der Waals surface area contributed by atoms with Crippen LogP contribution < -0.4 is 10.1 Å². The van der Waals surface area contributed by atoms with Crippen molar-refractivity contribution in [2.24, 2.45) is 0 Å². The molecule has 24 heavy (non-hydrogen) atoms. The third kappa shape index (κ3) is 5.91. The summed E-state index contributed by atoms with van der Waals surface area (Å²) in [7, 11) is 1.61. The van der Waals surface area contributed by atoms with Gasteiger partial charge in [-0.3, -0.25) is 4.79 Å². The van der Waals surface area contributed by atoms with E-state index in [1.807, 2.05) is 30.3 Å². The van der Waals surface area contributed by atoms with E-state index in [9.17, 15) is 4.79 Å². The fourth-order valence-electron chi connectivity index (χ4n) is 2.16. The van der Waals surface area contributed by atoms with Crippen LogP contribution >= 0.6 is 0 Å². The maximum Gasteiger partial charge on any atom is 0.266 e. The van der Waals surface area contributed by atoms with Gasteiger partial charge in [-0.2, -0.15) is 5.26 Å². The molecule has 0 bridgehead atoms. The molecule has 0 radical (unpaired) electrons. The molecule has 7 heteroatoms. The van der Waals surface area contributed by atoms with Crippen LogP contribution in [0.4, 0.5) is 0 Å². The highest BCUT2D eigenvalue weighted by molar-refractivity contribution is 5.97.